The van der Waals surface area contributed by atoms with Gasteiger partial charge in [-0.1, -0.05) is 25.1 Å². The summed E-state index contributed by atoms with van der Waals surface area (Å²) in [6.45, 7) is 3.09. The van der Waals surface area contributed by atoms with E-state index in [1.54, 1.807) is 24.3 Å². The lowest BCUT2D eigenvalue weighted by molar-refractivity contribution is 0.102. The average molecular weight is 481 g/mol. The van der Waals surface area contributed by atoms with Gasteiger partial charge in [0, 0.05) is 18.8 Å². The minimum absolute atomic E-state index is 0.0830. The number of nitrogens with one attached hydrogen (secondary N) is 1. The summed E-state index contributed by atoms with van der Waals surface area (Å²) in [5.74, 6) is 1.69. The smallest absolute Gasteiger partial charge is 0.259 e. The average Bonchev–Trinajstić information content (AvgIpc) is 2.85. The summed E-state index contributed by atoms with van der Waals surface area (Å²) in [5.41, 5.74) is 0.698. The maximum Gasteiger partial charge on any atom is 0.259 e. The predicted octanol–water partition coefficient (Wildman–Crippen LogP) is 5.16. The molecule has 3 aromatic carbocycles. The molecule has 0 bridgehead atoms. The van der Waals surface area contributed by atoms with Gasteiger partial charge >= 0.3 is 0 Å². The van der Waals surface area contributed by atoms with Crippen molar-refractivity contribution >= 4 is 21.6 Å². The van der Waals surface area contributed by atoms with Crippen molar-refractivity contribution in [1.82, 2.24) is 4.31 Å². The highest BCUT2D eigenvalue weighted by Gasteiger charge is 2.29. The van der Waals surface area contributed by atoms with Gasteiger partial charge in [0.15, 0.2) is 0 Å². The first-order valence-corrected chi connectivity index (χ1v) is 12.6. The molecule has 1 fully saturated rings. The number of para-hydroxylation sites is 1. The third-order valence-corrected chi connectivity index (χ3v) is 7.78. The van der Waals surface area contributed by atoms with Crippen molar-refractivity contribution in [3.05, 3.63) is 78.4 Å². The highest BCUT2D eigenvalue weighted by atomic mass is 32.2. The zero-order valence-electron chi connectivity index (χ0n) is 19.2. The van der Waals surface area contributed by atoms with Crippen molar-refractivity contribution in [3.63, 3.8) is 0 Å². The molecule has 7 nitrogen and oxygen atoms in total. The van der Waals surface area contributed by atoms with Gasteiger partial charge < -0.3 is 14.8 Å². The van der Waals surface area contributed by atoms with Crippen molar-refractivity contribution in [1.29, 1.82) is 0 Å². The summed E-state index contributed by atoms with van der Waals surface area (Å²) in [7, 11) is -2.25. The molecule has 1 N–H and O–H groups in total. The molecule has 0 atom stereocenters. The molecule has 0 radical (unpaired) electrons. The summed E-state index contributed by atoms with van der Waals surface area (Å²) < 4.78 is 38.9. The molecule has 1 amide bonds. The van der Waals surface area contributed by atoms with Gasteiger partial charge in [-0.15, -0.1) is 0 Å². The molecular formula is C26H28N2O5S. The zero-order chi connectivity index (χ0) is 24.1. The SMILES string of the molecule is COc1ccc(S(=O)(=O)N2CCC(C)CC2)cc1C(=O)Nc1ccc(Oc2ccccc2)cc1. The van der Waals surface area contributed by atoms with E-state index in [0.29, 0.717) is 41.9 Å². The fourth-order valence-corrected chi connectivity index (χ4v) is 5.33. The molecule has 178 valence electrons. The molecule has 0 saturated carbocycles. The fraction of sp³-hybridized carbons (Fsp3) is 0.269. The number of piperidine rings is 1. The van der Waals surface area contributed by atoms with Crippen LogP contribution in [0.5, 0.6) is 17.2 Å². The van der Waals surface area contributed by atoms with E-state index in [1.165, 1.54) is 29.6 Å². The van der Waals surface area contributed by atoms with Gasteiger partial charge in [0.05, 0.1) is 17.6 Å². The number of anilines is 1. The molecule has 0 aliphatic carbocycles. The molecule has 34 heavy (non-hydrogen) atoms. The van der Waals surface area contributed by atoms with E-state index in [2.05, 4.69) is 12.2 Å². The maximum atomic E-state index is 13.2. The predicted molar refractivity (Wildman–Crippen MR) is 131 cm³/mol. The summed E-state index contributed by atoms with van der Waals surface area (Å²) in [6, 6.07) is 20.7. The van der Waals surface area contributed by atoms with E-state index in [0.717, 1.165) is 12.8 Å². The van der Waals surface area contributed by atoms with Crippen LogP contribution in [0.1, 0.15) is 30.1 Å². The molecule has 1 aliphatic rings. The third-order valence-electron chi connectivity index (χ3n) is 5.89. The van der Waals surface area contributed by atoms with Crippen molar-refractivity contribution in [3.8, 4) is 17.2 Å². The van der Waals surface area contributed by atoms with Crippen LogP contribution >= 0.6 is 0 Å². The summed E-state index contributed by atoms with van der Waals surface area (Å²) in [6.07, 6.45) is 1.65. The molecule has 0 unspecified atom stereocenters. The van der Waals surface area contributed by atoms with Crippen LogP contribution in [0.2, 0.25) is 0 Å². The van der Waals surface area contributed by atoms with E-state index in [4.69, 9.17) is 9.47 Å². The van der Waals surface area contributed by atoms with Gasteiger partial charge in [-0.3, -0.25) is 4.79 Å². The normalized spacial score (nSPS) is 15.0. The minimum Gasteiger partial charge on any atom is -0.496 e. The number of ether oxygens (including phenoxy) is 2. The second kappa shape index (κ2) is 10.3. The molecule has 0 aromatic heterocycles. The Hall–Kier alpha value is -3.36. The Labute approximate surface area is 200 Å². The minimum atomic E-state index is -3.69. The van der Waals surface area contributed by atoms with Crippen molar-refractivity contribution < 1.29 is 22.7 Å². The van der Waals surface area contributed by atoms with Crippen molar-refractivity contribution in [2.45, 2.75) is 24.7 Å². The molecular weight excluding hydrogens is 452 g/mol. The second-order valence-corrected chi connectivity index (χ2v) is 10.3. The Balaban J connectivity index is 1.51. The van der Waals surface area contributed by atoms with Crippen LogP contribution < -0.4 is 14.8 Å². The molecule has 1 heterocycles. The first-order chi connectivity index (χ1) is 16.4. The highest BCUT2D eigenvalue weighted by Crippen LogP contribution is 2.29. The van der Waals surface area contributed by atoms with E-state index in [1.807, 2.05) is 30.3 Å². The van der Waals surface area contributed by atoms with Crippen LogP contribution in [0.15, 0.2) is 77.7 Å². The summed E-state index contributed by atoms with van der Waals surface area (Å²) >= 11 is 0. The third kappa shape index (κ3) is 5.40. The van der Waals surface area contributed by atoms with Gasteiger partial charge in [-0.05, 0) is 73.4 Å². The van der Waals surface area contributed by atoms with Crippen molar-refractivity contribution in [2.75, 3.05) is 25.5 Å². The lowest BCUT2D eigenvalue weighted by atomic mass is 10.0. The highest BCUT2D eigenvalue weighted by molar-refractivity contribution is 7.89. The topological polar surface area (TPSA) is 84.9 Å². The number of rotatable bonds is 7. The molecule has 8 heteroatoms. The number of carbonyl (C=O) groups is 1. The Bertz CT molecular complexity index is 1240. The number of nitrogens with zero attached hydrogens (tertiary/aromatic N) is 1. The van der Waals surface area contributed by atoms with Crippen LogP contribution in [-0.4, -0.2) is 38.8 Å². The second-order valence-electron chi connectivity index (χ2n) is 8.34. The fourth-order valence-electron chi connectivity index (χ4n) is 3.83. The van der Waals surface area contributed by atoms with Crippen LogP contribution in [0.25, 0.3) is 0 Å². The van der Waals surface area contributed by atoms with E-state index in [-0.39, 0.29) is 10.5 Å². The molecule has 4 rings (SSSR count). The number of hydrogen-bond donors (Lipinski definition) is 1. The van der Waals surface area contributed by atoms with Crippen molar-refractivity contribution in [2.24, 2.45) is 5.92 Å². The summed E-state index contributed by atoms with van der Waals surface area (Å²) in [5, 5.41) is 2.81. The number of carbonyl (C=O) groups excluding carboxylic acids is 1. The first kappa shape index (κ1) is 23.8. The van der Waals surface area contributed by atoms with Crippen LogP contribution in [0.3, 0.4) is 0 Å². The lowest BCUT2D eigenvalue weighted by Crippen LogP contribution is -2.37. The number of sulfonamides is 1. The van der Waals surface area contributed by atoms with Gasteiger partial charge in [0.1, 0.15) is 17.2 Å². The van der Waals surface area contributed by atoms with E-state index >= 15 is 0 Å². The van der Waals surface area contributed by atoms with Gasteiger partial charge in [-0.2, -0.15) is 4.31 Å². The molecule has 1 saturated heterocycles. The lowest BCUT2D eigenvalue weighted by Gasteiger charge is -2.29. The Kier molecular flexibility index (Phi) is 7.19. The number of hydrogen-bond acceptors (Lipinski definition) is 5. The molecule has 1 aliphatic heterocycles. The largest absolute Gasteiger partial charge is 0.496 e. The number of methoxy groups -OCH3 is 1. The van der Waals surface area contributed by atoms with Gasteiger partial charge in [0.2, 0.25) is 10.0 Å². The Morgan fingerprint density at radius 3 is 2.24 bits per heavy atom. The van der Waals surface area contributed by atoms with Crippen LogP contribution in [0, 0.1) is 5.92 Å². The zero-order valence-corrected chi connectivity index (χ0v) is 20.0. The Morgan fingerprint density at radius 1 is 0.941 bits per heavy atom. The van der Waals surface area contributed by atoms with Crippen LogP contribution in [0.4, 0.5) is 5.69 Å². The first-order valence-electron chi connectivity index (χ1n) is 11.2. The van der Waals surface area contributed by atoms with E-state index in [9.17, 15) is 13.2 Å². The van der Waals surface area contributed by atoms with Gasteiger partial charge in [-0.25, -0.2) is 8.42 Å². The monoisotopic (exact) mass is 480 g/mol. The quantitative estimate of drug-likeness (QED) is 0.505. The molecule has 3 aromatic rings. The van der Waals surface area contributed by atoms with E-state index < -0.39 is 15.9 Å². The van der Waals surface area contributed by atoms with Crippen LogP contribution in [-0.2, 0) is 10.0 Å². The number of amides is 1. The Morgan fingerprint density at radius 2 is 1.59 bits per heavy atom. The van der Waals surface area contributed by atoms with Gasteiger partial charge in [0.25, 0.3) is 5.91 Å². The maximum absolute atomic E-state index is 13.2. The molecule has 0 spiro atoms. The standard InChI is InChI=1S/C26H28N2O5S/c1-19-14-16-28(17-15-19)34(30,31)23-12-13-25(32-2)24(18-23)26(29)27-20-8-10-22(11-9-20)33-21-6-4-3-5-7-21/h3-13,18-19H,14-17H2,1-2H3,(H,27,29). The summed E-state index contributed by atoms with van der Waals surface area (Å²) in [4.78, 5) is 13.1. The number of benzene rings is 3.